The van der Waals surface area contributed by atoms with Crippen molar-refractivity contribution in [3.63, 3.8) is 0 Å². The van der Waals surface area contributed by atoms with E-state index in [0.29, 0.717) is 25.1 Å². The van der Waals surface area contributed by atoms with Crippen molar-refractivity contribution in [3.05, 3.63) is 29.6 Å². The number of rotatable bonds is 4. The van der Waals surface area contributed by atoms with Crippen LogP contribution in [0.2, 0.25) is 0 Å². The molecule has 1 aromatic carbocycles. The number of nitrogens with one attached hydrogen (secondary N) is 1. The van der Waals surface area contributed by atoms with Gasteiger partial charge in [0, 0.05) is 25.7 Å². The maximum atomic E-state index is 13.9. The Morgan fingerprint density at radius 1 is 1.36 bits per heavy atom. The van der Waals surface area contributed by atoms with Crippen molar-refractivity contribution in [1.82, 2.24) is 15.1 Å². The van der Waals surface area contributed by atoms with Gasteiger partial charge in [-0.2, -0.15) is 0 Å². The molecule has 138 valence electrons. The third kappa shape index (κ3) is 4.24. The number of hydrogen-bond donors (Lipinski definition) is 1. The van der Waals surface area contributed by atoms with Crippen molar-refractivity contribution in [3.8, 4) is 5.75 Å². The molecular formula is C19H28FN3O2. The molecule has 2 saturated heterocycles. The van der Waals surface area contributed by atoms with Crippen LogP contribution in [0, 0.1) is 11.7 Å². The quantitative estimate of drug-likeness (QED) is 0.909. The van der Waals surface area contributed by atoms with Gasteiger partial charge in [0.05, 0.1) is 6.61 Å². The molecule has 2 fully saturated rings. The van der Waals surface area contributed by atoms with E-state index in [0.717, 1.165) is 38.0 Å². The van der Waals surface area contributed by atoms with Crippen LogP contribution in [-0.2, 0) is 6.54 Å². The van der Waals surface area contributed by atoms with Gasteiger partial charge in [-0.25, -0.2) is 9.18 Å². The van der Waals surface area contributed by atoms with E-state index in [9.17, 15) is 9.18 Å². The van der Waals surface area contributed by atoms with Crippen LogP contribution in [0.3, 0.4) is 0 Å². The van der Waals surface area contributed by atoms with Crippen molar-refractivity contribution in [2.75, 3.05) is 33.3 Å². The topological polar surface area (TPSA) is 44.8 Å². The van der Waals surface area contributed by atoms with Crippen molar-refractivity contribution < 1.29 is 13.9 Å². The molecule has 2 aliphatic rings. The standard InChI is InChI=1S/C19H28FN3O2/c1-3-25-18-7-6-14(11-16(18)20)12-21-19(24)23-9-4-5-15-13-22(2)10-8-17(15)23/h6-7,11,15,17H,3-5,8-10,12-13H2,1-2H3,(H,21,24)/t15-,17+/m1/s1. The lowest BCUT2D eigenvalue weighted by Crippen LogP contribution is -2.57. The lowest BCUT2D eigenvalue weighted by Gasteiger charge is -2.46. The zero-order valence-corrected chi connectivity index (χ0v) is 15.1. The summed E-state index contributed by atoms with van der Waals surface area (Å²) in [5.41, 5.74) is 0.742. The summed E-state index contributed by atoms with van der Waals surface area (Å²) in [6, 6.07) is 5.15. The first-order valence-corrected chi connectivity index (χ1v) is 9.22. The normalized spacial score (nSPS) is 23.9. The molecule has 0 unspecified atom stereocenters. The fraction of sp³-hybridized carbons (Fsp3) is 0.632. The predicted molar refractivity (Wildman–Crippen MR) is 95.1 cm³/mol. The second-order valence-electron chi connectivity index (χ2n) is 7.07. The lowest BCUT2D eigenvalue weighted by molar-refractivity contribution is 0.0532. The zero-order chi connectivity index (χ0) is 17.8. The molecule has 0 aliphatic carbocycles. The zero-order valence-electron chi connectivity index (χ0n) is 15.1. The van der Waals surface area contributed by atoms with Crippen LogP contribution in [0.1, 0.15) is 31.7 Å². The van der Waals surface area contributed by atoms with Crippen LogP contribution in [0.15, 0.2) is 18.2 Å². The number of urea groups is 1. The number of ether oxygens (including phenoxy) is 1. The molecule has 0 bridgehead atoms. The van der Waals surface area contributed by atoms with E-state index in [1.807, 2.05) is 11.8 Å². The van der Waals surface area contributed by atoms with E-state index >= 15 is 0 Å². The van der Waals surface area contributed by atoms with Gasteiger partial charge in [0.15, 0.2) is 11.6 Å². The maximum absolute atomic E-state index is 13.9. The number of hydrogen-bond acceptors (Lipinski definition) is 3. The molecule has 0 aromatic heterocycles. The van der Waals surface area contributed by atoms with Crippen LogP contribution < -0.4 is 10.1 Å². The smallest absolute Gasteiger partial charge is 0.317 e. The summed E-state index contributed by atoms with van der Waals surface area (Å²) in [5.74, 6) is 0.436. The summed E-state index contributed by atoms with van der Waals surface area (Å²) < 4.78 is 19.1. The average molecular weight is 349 g/mol. The van der Waals surface area contributed by atoms with Gasteiger partial charge in [-0.1, -0.05) is 6.07 Å². The van der Waals surface area contributed by atoms with Gasteiger partial charge in [-0.05, 0) is 63.4 Å². The van der Waals surface area contributed by atoms with Gasteiger partial charge in [0.1, 0.15) is 0 Å². The van der Waals surface area contributed by atoms with Crippen molar-refractivity contribution in [2.24, 2.45) is 5.92 Å². The Morgan fingerprint density at radius 2 is 2.20 bits per heavy atom. The Kier molecular flexibility index (Phi) is 5.78. The fourth-order valence-electron chi connectivity index (χ4n) is 4.04. The van der Waals surface area contributed by atoms with Crippen LogP contribution in [0.5, 0.6) is 5.75 Å². The molecule has 1 aromatic rings. The molecule has 2 atom stereocenters. The fourth-order valence-corrected chi connectivity index (χ4v) is 4.04. The molecular weight excluding hydrogens is 321 g/mol. The SMILES string of the molecule is CCOc1ccc(CNC(=O)N2CCC[C@@H]3CN(C)CC[C@@H]32)cc1F. The molecule has 1 N–H and O–H groups in total. The van der Waals surface area contributed by atoms with Gasteiger partial charge < -0.3 is 19.9 Å². The first-order valence-electron chi connectivity index (χ1n) is 9.22. The molecule has 2 aliphatic heterocycles. The van der Waals surface area contributed by atoms with Gasteiger partial charge in [-0.15, -0.1) is 0 Å². The van der Waals surface area contributed by atoms with E-state index < -0.39 is 0 Å². The Balaban J connectivity index is 1.57. The van der Waals surface area contributed by atoms with Gasteiger partial charge in [0.25, 0.3) is 0 Å². The van der Waals surface area contributed by atoms with Crippen LogP contribution >= 0.6 is 0 Å². The first-order chi connectivity index (χ1) is 12.1. The average Bonchev–Trinajstić information content (AvgIpc) is 2.61. The van der Waals surface area contributed by atoms with Gasteiger partial charge in [-0.3, -0.25) is 0 Å². The number of nitrogens with zero attached hydrogens (tertiary/aromatic N) is 2. The third-order valence-corrected chi connectivity index (χ3v) is 5.27. The van der Waals surface area contributed by atoms with Crippen LogP contribution in [0.25, 0.3) is 0 Å². The Morgan fingerprint density at radius 3 is 2.96 bits per heavy atom. The highest BCUT2D eigenvalue weighted by molar-refractivity contribution is 5.74. The number of likely N-dealkylation sites (tertiary alicyclic amines) is 2. The molecule has 0 spiro atoms. The summed E-state index contributed by atoms with van der Waals surface area (Å²) in [4.78, 5) is 17.0. The minimum absolute atomic E-state index is 0.0338. The summed E-state index contributed by atoms with van der Waals surface area (Å²) in [6.45, 7) is 5.50. The van der Waals surface area contributed by atoms with E-state index in [4.69, 9.17) is 4.74 Å². The molecule has 2 heterocycles. The minimum Gasteiger partial charge on any atom is -0.491 e. The van der Waals surface area contributed by atoms with Crippen LogP contribution in [0.4, 0.5) is 9.18 Å². The maximum Gasteiger partial charge on any atom is 0.317 e. The molecule has 5 nitrogen and oxygen atoms in total. The van der Waals surface area contributed by atoms with Crippen molar-refractivity contribution >= 4 is 6.03 Å². The molecule has 6 heteroatoms. The minimum atomic E-state index is -0.387. The lowest BCUT2D eigenvalue weighted by atomic mass is 9.84. The summed E-state index contributed by atoms with van der Waals surface area (Å²) in [6.07, 6.45) is 3.29. The summed E-state index contributed by atoms with van der Waals surface area (Å²) in [7, 11) is 2.15. The van der Waals surface area contributed by atoms with E-state index in [1.54, 1.807) is 12.1 Å². The van der Waals surface area contributed by atoms with Gasteiger partial charge in [0.2, 0.25) is 0 Å². The number of carbonyl (C=O) groups is 1. The van der Waals surface area contributed by atoms with Crippen molar-refractivity contribution in [1.29, 1.82) is 0 Å². The number of carbonyl (C=O) groups excluding carboxylic acids is 1. The molecule has 25 heavy (non-hydrogen) atoms. The molecule has 3 rings (SSSR count). The molecule has 0 radical (unpaired) electrons. The highest BCUT2D eigenvalue weighted by Crippen LogP contribution is 2.30. The Hall–Kier alpha value is -1.82. The Labute approximate surface area is 149 Å². The monoisotopic (exact) mass is 349 g/mol. The first kappa shape index (κ1) is 18.0. The van der Waals surface area contributed by atoms with Crippen molar-refractivity contribution in [2.45, 2.75) is 38.8 Å². The highest BCUT2D eigenvalue weighted by Gasteiger charge is 2.37. The molecule has 2 amide bonds. The van der Waals surface area contributed by atoms with E-state index in [1.165, 1.54) is 12.5 Å². The van der Waals surface area contributed by atoms with Gasteiger partial charge >= 0.3 is 6.03 Å². The number of halogens is 1. The van der Waals surface area contributed by atoms with E-state index in [-0.39, 0.29) is 17.6 Å². The number of fused-ring (bicyclic) bond motifs is 1. The second kappa shape index (κ2) is 8.04. The number of amides is 2. The highest BCUT2D eigenvalue weighted by atomic mass is 19.1. The molecule has 0 saturated carbocycles. The largest absolute Gasteiger partial charge is 0.491 e. The summed E-state index contributed by atoms with van der Waals surface area (Å²) in [5, 5.41) is 2.96. The number of piperidine rings is 2. The third-order valence-electron chi connectivity index (χ3n) is 5.27. The number of benzene rings is 1. The Bertz CT molecular complexity index is 610. The second-order valence-corrected chi connectivity index (χ2v) is 7.07. The van der Waals surface area contributed by atoms with E-state index in [2.05, 4.69) is 17.3 Å². The van der Waals surface area contributed by atoms with Crippen LogP contribution in [-0.4, -0.2) is 55.2 Å². The predicted octanol–water partition coefficient (Wildman–Crippen LogP) is 2.85. The summed E-state index contributed by atoms with van der Waals surface area (Å²) >= 11 is 0.